The van der Waals surface area contributed by atoms with Crippen LogP contribution in [0.25, 0.3) is 5.69 Å². The molecule has 3 rings (SSSR count). The SMILES string of the molecule is Cc1cc(C)n(-c2ccc(C(=O)N3CCC(CN)C3)cc2)n1.Cl. The number of rotatable bonds is 3. The quantitative estimate of drug-likeness (QED) is 0.937. The minimum absolute atomic E-state index is 0. The topological polar surface area (TPSA) is 64.2 Å². The Kier molecular flexibility index (Phi) is 5.44. The van der Waals surface area contributed by atoms with Crippen molar-refractivity contribution in [3.8, 4) is 5.69 Å². The van der Waals surface area contributed by atoms with Crippen LogP contribution in [0.3, 0.4) is 0 Å². The number of aromatic nitrogens is 2. The first kappa shape index (κ1) is 17.5. The van der Waals surface area contributed by atoms with Crippen molar-refractivity contribution in [2.75, 3.05) is 19.6 Å². The minimum Gasteiger partial charge on any atom is -0.338 e. The average Bonchev–Trinajstić information content (AvgIpc) is 3.13. The molecule has 5 nitrogen and oxygen atoms in total. The highest BCUT2D eigenvalue weighted by Gasteiger charge is 2.25. The summed E-state index contributed by atoms with van der Waals surface area (Å²) >= 11 is 0. The number of halogens is 1. The molecule has 2 N–H and O–H groups in total. The van der Waals surface area contributed by atoms with Crippen molar-refractivity contribution in [2.45, 2.75) is 20.3 Å². The summed E-state index contributed by atoms with van der Waals surface area (Å²) in [5.74, 6) is 0.536. The van der Waals surface area contributed by atoms with Crippen LogP contribution in [-0.4, -0.2) is 40.2 Å². The summed E-state index contributed by atoms with van der Waals surface area (Å²) in [4.78, 5) is 14.4. The number of carbonyl (C=O) groups excluding carboxylic acids is 1. The van der Waals surface area contributed by atoms with Crippen molar-refractivity contribution in [2.24, 2.45) is 11.7 Å². The number of nitrogens with two attached hydrogens (primary N) is 1. The lowest BCUT2D eigenvalue weighted by Crippen LogP contribution is -2.29. The Morgan fingerprint density at radius 3 is 2.52 bits per heavy atom. The Hall–Kier alpha value is -1.85. The maximum absolute atomic E-state index is 12.5. The van der Waals surface area contributed by atoms with Gasteiger partial charge >= 0.3 is 0 Å². The molecular formula is C17H23ClN4O. The van der Waals surface area contributed by atoms with Gasteiger partial charge in [0.1, 0.15) is 0 Å². The second-order valence-corrected chi connectivity index (χ2v) is 6.03. The van der Waals surface area contributed by atoms with Crippen LogP contribution in [0, 0.1) is 19.8 Å². The van der Waals surface area contributed by atoms with Crippen molar-refractivity contribution in [3.05, 3.63) is 47.3 Å². The number of likely N-dealkylation sites (tertiary alicyclic amines) is 1. The lowest BCUT2D eigenvalue weighted by molar-refractivity contribution is 0.0787. The number of carbonyl (C=O) groups is 1. The molecule has 1 aliphatic heterocycles. The molecular weight excluding hydrogens is 312 g/mol. The smallest absolute Gasteiger partial charge is 0.253 e. The van der Waals surface area contributed by atoms with Crippen molar-refractivity contribution in [3.63, 3.8) is 0 Å². The van der Waals surface area contributed by atoms with Gasteiger partial charge in [-0.05, 0) is 63.1 Å². The highest BCUT2D eigenvalue weighted by Crippen LogP contribution is 2.19. The molecule has 1 amide bonds. The highest BCUT2D eigenvalue weighted by atomic mass is 35.5. The fraction of sp³-hybridized carbons (Fsp3) is 0.412. The highest BCUT2D eigenvalue weighted by molar-refractivity contribution is 5.94. The maximum Gasteiger partial charge on any atom is 0.253 e. The zero-order chi connectivity index (χ0) is 15.7. The summed E-state index contributed by atoms with van der Waals surface area (Å²) in [6.07, 6.45) is 1.01. The van der Waals surface area contributed by atoms with Crippen LogP contribution >= 0.6 is 12.4 Å². The molecule has 6 heteroatoms. The van der Waals surface area contributed by atoms with Gasteiger partial charge in [0.2, 0.25) is 0 Å². The number of nitrogens with zero attached hydrogens (tertiary/aromatic N) is 3. The molecule has 0 bridgehead atoms. The first-order chi connectivity index (χ1) is 10.6. The van der Waals surface area contributed by atoms with E-state index in [4.69, 9.17) is 5.73 Å². The normalized spacial score (nSPS) is 17.2. The van der Waals surface area contributed by atoms with E-state index in [0.29, 0.717) is 12.5 Å². The number of aryl methyl sites for hydroxylation is 2. The van der Waals surface area contributed by atoms with Gasteiger partial charge in [-0.2, -0.15) is 5.10 Å². The molecule has 1 aliphatic rings. The van der Waals surface area contributed by atoms with Crippen molar-refractivity contribution in [1.29, 1.82) is 0 Å². The molecule has 1 aromatic heterocycles. The molecule has 1 aromatic carbocycles. The molecule has 1 unspecified atom stereocenters. The lowest BCUT2D eigenvalue weighted by Gasteiger charge is -2.16. The van der Waals surface area contributed by atoms with Crippen LogP contribution < -0.4 is 5.73 Å². The predicted octanol–water partition coefficient (Wildman–Crippen LogP) is 2.33. The zero-order valence-corrected chi connectivity index (χ0v) is 14.3. The van der Waals surface area contributed by atoms with Gasteiger partial charge < -0.3 is 10.6 Å². The van der Waals surface area contributed by atoms with Gasteiger partial charge in [-0.15, -0.1) is 12.4 Å². The lowest BCUT2D eigenvalue weighted by atomic mass is 10.1. The number of hydrogen-bond acceptors (Lipinski definition) is 3. The van der Waals surface area contributed by atoms with Gasteiger partial charge in [-0.3, -0.25) is 4.79 Å². The summed E-state index contributed by atoms with van der Waals surface area (Å²) in [6.45, 7) is 6.23. The van der Waals surface area contributed by atoms with E-state index in [9.17, 15) is 4.79 Å². The van der Waals surface area contributed by atoms with Gasteiger partial charge in [-0.1, -0.05) is 0 Å². The van der Waals surface area contributed by atoms with Crippen LogP contribution in [-0.2, 0) is 0 Å². The van der Waals surface area contributed by atoms with E-state index in [-0.39, 0.29) is 18.3 Å². The minimum atomic E-state index is 0. The third-order valence-electron chi connectivity index (χ3n) is 4.27. The average molecular weight is 335 g/mol. The van der Waals surface area contributed by atoms with Crippen molar-refractivity contribution in [1.82, 2.24) is 14.7 Å². The Balaban J connectivity index is 0.00000192. The fourth-order valence-electron chi connectivity index (χ4n) is 3.03. The summed E-state index contributed by atoms with van der Waals surface area (Å²) in [7, 11) is 0. The third-order valence-corrected chi connectivity index (χ3v) is 4.27. The summed E-state index contributed by atoms with van der Waals surface area (Å²) in [5, 5.41) is 4.46. The Morgan fingerprint density at radius 1 is 1.30 bits per heavy atom. The van der Waals surface area contributed by atoms with Crippen LogP contribution in [0.5, 0.6) is 0 Å². The monoisotopic (exact) mass is 334 g/mol. The molecule has 2 heterocycles. The molecule has 0 radical (unpaired) electrons. The molecule has 1 atom stereocenters. The standard InChI is InChI=1S/C17H22N4O.ClH/c1-12-9-13(2)21(19-12)16-5-3-15(4-6-16)17(22)20-8-7-14(10-18)11-20;/h3-6,9,14H,7-8,10-11,18H2,1-2H3;1H. The number of hydrogen-bond donors (Lipinski definition) is 1. The molecule has 1 saturated heterocycles. The molecule has 1 fully saturated rings. The first-order valence-electron chi connectivity index (χ1n) is 7.71. The van der Waals surface area contributed by atoms with Crippen molar-refractivity contribution >= 4 is 18.3 Å². The van der Waals surface area contributed by atoms with E-state index in [1.54, 1.807) is 0 Å². The van der Waals surface area contributed by atoms with E-state index in [2.05, 4.69) is 5.10 Å². The van der Waals surface area contributed by atoms with Gasteiger partial charge in [0, 0.05) is 24.3 Å². The first-order valence-corrected chi connectivity index (χ1v) is 7.71. The van der Waals surface area contributed by atoms with Gasteiger partial charge in [0.25, 0.3) is 5.91 Å². The van der Waals surface area contributed by atoms with Crippen LogP contribution in [0.2, 0.25) is 0 Å². The van der Waals surface area contributed by atoms with E-state index < -0.39 is 0 Å². The Morgan fingerprint density at radius 2 is 2.00 bits per heavy atom. The summed E-state index contributed by atoms with van der Waals surface area (Å²) in [6, 6.07) is 9.69. The Labute approximate surface area is 142 Å². The second-order valence-electron chi connectivity index (χ2n) is 6.03. The van der Waals surface area contributed by atoms with Crippen LogP contribution in [0.15, 0.2) is 30.3 Å². The Bertz CT molecular complexity index is 680. The zero-order valence-electron chi connectivity index (χ0n) is 13.5. The molecule has 0 aliphatic carbocycles. The van der Waals surface area contributed by atoms with Crippen LogP contribution in [0.1, 0.15) is 28.2 Å². The maximum atomic E-state index is 12.5. The molecule has 2 aromatic rings. The van der Waals surface area contributed by atoms with E-state index in [1.165, 1.54) is 0 Å². The molecule has 0 saturated carbocycles. The largest absolute Gasteiger partial charge is 0.338 e. The molecule has 0 spiro atoms. The number of benzene rings is 1. The van der Waals surface area contributed by atoms with Crippen molar-refractivity contribution < 1.29 is 4.79 Å². The van der Waals surface area contributed by atoms with Crippen LogP contribution in [0.4, 0.5) is 0 Å². The molecule has 124 valence electrons. The van der Waals surface area contributed by atoms with Gasteiger partial charge in [-0.25, -0.2) is 4.68 Å². The van der Waals surface area contributed by atoms with E-state index in [1.807, 2.05) is 53.8 Å². The van der Waals surface area contributed by atoms with Gasteiger partial charge in [0.05, 0.1) is 11.4 Å². The predicted molar refractivity (Wildman–Crippen MR) is 93.4 cm³/mol. The van der Waals surface area contributed by atoms with Gasteiger partial charge in [0.15, 0.2) is 0 Å². The number of amides is 1. The fourth-order valence-corrected chi connectivity index (χ4v) is 3.03. The second kappa shape index (κ2) is 7.15. The molecule has 23 heavy (non-hydrogen) atoms. The van der Waals surface area contributed by atoms with E-state index in [0.717, 1.165) is 42.1 Å². The summed E-state index contributed by atoms with van der Waals surface area (Å²) < 4.78 is 1.89. The summed E-state index contributed by atoms with van der Waals surface area (Å²) in [5.41, 5.74) is 9.46. The third kappa shape index (κ3) is 3.57. The van der Waals surface area contributed by atoms with E-state index >= 15 is 0 Å².